The van der Waals surface area contributed by atoms with Crippen molar-refractivity contribution in [2.75, 3.05) is 18.4 Å². The number of pyridine rings is 1. The maximum atomic E-state index is 4.54. The Hall–Kier alpha value is -1.09. The summed E-state index contributed by atoms with van der Waals surface area (Å²) in [6, 6.07) is 5.13. The topological polar surface area (TPSA) is 28.2 Å². The summed E-state index contributed by atoms with van der Waals surface area (Å²) in [6.07, 6.45) is 8.72. The van der Waals surface area contributed by atoms with E-state index in [1.165, 1.54) is 37.8 Å². The summed E-state index contributed by atoms with van der Waals surface area (Å²) >= 11 is 0. The van der Waals surface area contributed by atoms with Crippen molar-refractivity contribution in [1.29, 1.82) is 0 Å². The number of hydrogen-bond acceptors (Lipinski definition) is 3. The molecule has 1 aromatic rings. The molecule has 2 rings (SSSR count). The number of nitrogens with zero attached hydrogens (tertiary/aromatic N) is 2. The number of aromatic nitrogens is 1. The zero-order valence-corrected chi connectivity index (χ0v) is 13.9. The van der Waals surface area contributed by atoms with Gasteiger partial charge in [0.15, 0.2) is 0 Å². The van der Waals surface area contributed by atoms with Crippen LogP contribution in [0.5, 0.6) is 0 Å². The number of anilines is 1. The third-order valence-corrected chi connectivity index (χ3v) is 4.21. The molecule has 0 aliphatic heterocycles. The Morgan fingerprint density at radius 2 is 2.05 bits per heavy atom. The Morgan fingerprint density at radius 1 is 1.29 bits per heavy atom. The monoisotopic (exact) mass is 289 g/mol. The molecule has 3 nitrogen and oxygen atoms in total. The second-order valence-electron chi connectivity index (χ2n) is 6.74. The molecule has 21 heavy (non-hydrogen) atoms. The van der Waals surface area contributed by atoms with Crippen LogP contribution in [0.15, 0.2) is 18.3 Å². The minimum Gasteiger partial charge on any atom is -0.370 e. The summed E-state index contributed by atoms with van der Waals surface area (Å²) in [5, 5.41) is 3.34. The highest BCUT2D eigenvalue weighted by Gasteiger charge is 2.23. The molecule has 0 amide bonds. The van der Waals surface area contributed by atoms with Crippen molar-refractivity contribution in [3.63, 3.8) is 0 Å². The SMILES string of the molecule is CCCNc1ccc(CN(CC(C)C)C2CCCC2)cn1. The Bertz CT molecular complexity index is 393. The minimum atomic E-state index is 0.726. The van der Waals surface area contributed by atoms with E-state index in [0.29, 0.717) is 0 Å². The Morgan fingerprint density at radius 3 is 2.62 bits per heavy atom. The molecule has 3 heteroatoms. The average Bonchev–Trinajstić information content (AvgIpc) is 2.99. The lowest BCUT2D eigenvalue weighted by atomic mass is 10.1. The molecule has 1 saturated carbocycles. The van der Waals surface area contributed by atoms with Crippen LogP contribution in [-0.4, -0.2) is 29.0 Å². The first kappa shape index (κ1) is 16.3. The molecule has 1 aromatic heterocycles. The predicted molar refractivity (Wildman–Crippen MR) is 90.5 cm³/mol. The molecule has 0 unspecified atom stereocenters. The summed E-state index contributed by atoms with van der Waals surface area (Å²) in [7, 11) is 0. The van der Waals surface area contributed by atoms with Gasteiger partial charge in [0.25, 0.3) is 0 Å². The molecule has 0 atom stereocenters. The highest BCUT2D eigenvalue weighted by molar-refractivity contribution is 5.35. The molecule has 0 aromatic carbocycles. The van der Waals surface area contributed by atoms with E-state index in [1.54, 1.807) is 0 Å². The van der Waals surface area contributed by atoms with Gasteiger partial charge in [0.1, 0.15) is 5.82 Å². The van der Waals surface area contributed by atoms with Gasteiger partial charge >= 0.3 is 0 Å². The van der Waals surface area contributed by atoms with Gasteiger partial charge in [-0.25, -0.2) is 4.98 Å². The van der Waals surface area contributed by atoms with Gasteiger partial charge in [-0.05, 0) is 36.8 Å². The molecular formula is C18H31N3. The summed E-state index contributed by atoms with van der Waals surface area (Å²) in [5.41, 5.74) is 1.34. The highest BCUT2D eigenvalue weighted by Crippen LogP contribution is 2.25. The molecule has 0 spiro atoms. The van der Waals surface area contributed by atoms with Crippen molar-refractivity contribution < 1.29 is 0 Å². The van der Waals surface area contributed by atoms with Gasteiger partial charge in [-0.15, -0.1) is 0 Å². The third-order valence-electron chi connectivity index (χ3n) is 4.21. The lowest BCUT2D eigenvalue weighted by Crippen LogP contribution is -2.35. The molecule has 1 N–H and O–H groups in total. The van der Waals surface area contributed by atoms with Crippen molar-refractivity contribution in [3.05, 3.63) is 23.9 Å². The average molecular weight is 289 g/mol. The van der Waals surface area contributed by atoms with Crippen molar-refractivity contribution >= 4 is 5.82 Å². The zero-order valence-electron chi connectivity index (χ0n) is 13.9. The number of hydrogen-bond donors (Lipinski definition) is 1. The van der Waals surface area contributed by atoms with Crippen LogP contribution in [0.3, 0.4) is 0 Å². The molecule has 0 radical (unpaired) electrons. The van der Waals surface area contributed by atoms with E-state index in [2.05, 4.69) is 48.1 Å². The highest BCUT2D eigenvalue weighted by atomic mass is 15.2. The van der Waals surface area contributed by atoms with Gasteiger partial charge in [-0.3, -0.25) is 4.90 Å². The van der Waals surface area contributed by atoms with Gasteiger partial charge in [-0.2, -0.15) is 0 Å². The maximum Gasteiger partial charge on any atom is 0.125 e. The molecule has 118 valence electrons. The van der Waals surface area contributed by atoms with E-state index in [0.717, 1.165) is 37.3 Å². The first-order valence-electron chi connectivity index (χ1n) is 8.62. The minimum absolute atomic E-state index is 0.726. The third kappa shape index (κ3) is 5.31. The standard InChI is InChI=1S/C18H31N3/c1-4-11-19-18-10-9-16(12-20-18)14-21(13-15(2)3)17-7-5-6-8-17/h9-10,12,15,17H,4-8,11,13-14H2,1-3H3,(H,19,20). The molecule has 0 saturated heterocycles. The van der Waals surface area contributed by atoms with Crippen LogP contribution < -0.4 is 5.32 Å². The zero-order chi connectivity index (χ0) is 15.1. The molecule has 1 aliphatic rings. The lowest BCUT2D eigenvalue weighted by Gasteiger charge is -2.30. The molecule has 1 aliphatic carbocycles. The van der Waals surface area contributed by atoms with E-state index in [4.69, 9.17) is 0 Å². The maximum absolute atomic E-state index is 4.54. The Balaban J connectivity index is 1.95. The fraction of sp³-hybridized carbons (Fsp3) is 0.722. The first-order valence-corrected chi connectivity index (χ1v) is 8.62. The first-order chi connectivity index (χ1) is 10.2. The smallest absolute Gasteiger partial charge is 0.125 e. The van der Waals surface area contributed by atoms with Crippen LogP contribution in [0.1, 0.15) is 58.4 Å². The summed E-state index contributed by atoms with van der Waals surface area (Å²) in [4.78, 5) is 7.21. The summed E-state index contributed by atoms with van der Waals surface area (Å²) in [6.45, 7) is 10.0. The largest absolute Gasteiger partial charge is 0.370 e. The Kier molecular flexibility index (Phi) is 6.50. The van der Waals surface area contributed by atoms with Gasteiger partial charge < -0.3 is 5.32 Å². The van der Waals surface area contributed by atoms with Crippen molar-refractivity contribution in [2.24, 2.45) is 5.92 Å². The van der Waals surface area contributed by atoms with Crippen molar-refractivity contribution in [1.82, 2.24) is 9.88 Å². The fourth-order valence-electron chi connectivity index (χ4n) is 3.19. The van der Waals surface area contributed by atoms with Crippen LogP contribution in [0.2, 0.25) is 0 Å². The summed E-state index contributed by atoms with van der Waals surface area (Å²) in [5.74, 6) is 1.72. The van der Waals surface area contributed by atoms with E-state index >= 15 is 0 Å². The normalized spacial score (nSPS) is 16.0. The van der Waals surface area contributed by atoms with Gasteiger partial charge in [-0.1, -0.05) is 39.7 Å². The van der Waals surface area contributed by atoms with Gasteiger partial charge in [0.2, 0.25) is 0 Å². The second kappa shape index (κ2) is 8.38. The van der Waals surface area contributed by atoms with E-state index in [-0.39, 0.29) is 0 Å². The predicted octanol–water partition coefficient (Wildman–Crippen LogP) is 4.30. The molecule has 1 fully saturated rings. The van der Waals surface area contributed by atoms with E-state index in [9.17, 15) is 0 Å². The van der Waals surface area contributed by atoms with Gasteiger partial charge in [0, 0.05) is 31.9 Å². The molecule has 1 heterocycles. The van der Waals surface area contributed by atoms with Crippen LogP contribution in [0.4, 0.5) is 5.82 Å². The quantitative estimate of drug-likeness (QED) is 0.773. The molecular weight excluding hydrogens is 258 g/mol. The van der Waals surface area contributed by atoms with Crippen LogP contribution >= 0.6 is 0 Å². The second-order valence-corrected chi connectivity index (χ2v) is 6.74. The Labute approximate surface area is 130 Å². The van der Waals surface area contributed by atoms with Gasteiger partial charge in [0.05, 0.1) is 0 Å². The van der Waals surface area contributed by atoms with E-state index in [1.807, 2.05) is 6.20 Å². The summed E-state index contributed by atoms with van der Waals surface area (Å²) < 4.78 is 0. The van der Waals surface area contributed by atoms with E-state index < -0.39 is 0 Å². The molecule has 0 bridgehead atoms. The van der Waals surface area contributed by atoms with Crippen LogP contribution in [-0.2, 0) is 6.54 Å². The van der Waals surface area contributed by atoms with Crippen LogP contribution in [0.25, 0.3) is 0 Å². The van der Waals surface area contributed by atoms with Crippen LogP contribution in [0, 0.1) is 5.92 Å². The van der Waals surface area contributed by atoms with Crippen molar-refractivity contribution in [3.8, 4) is 0 Å². The lowest BCUT2D eigenvalue weighted by molar-refractivity contribution is 0.168. The van der Waals surface area contributed by atoms with Crippen molar-refractivity contribution in [2.45, 2.75) is 65.5 Å². The number of rotatable bonds is 8. The fourth-order valence-corrected chi connectivity index (χ4v) is 3.19. The number of nitrogens with one attached hydrogen (secondary N) is 1.